The van der Waals surface area contributed by atoms with Gasteiger partial charge in [0, 0.05) is 65.9 Å². The third-order valence-corrected chi connectivity index (χ3v) is 36.3. The van der Waals surface area contributed by atoms with Crippen LogP contribution in [0.2, 0.25) is 39.3 Å². The highest BCUT2D eigenvalue weighted by molar-refractivity contribution is 7.05. The molecule has 3 aliphatic rings. The molecule has 16 aromatic carbocycles. The third-order valence-electron chi connectivity index (χ3n) is 25.6. The molecule has 0 radical (unpaired) electrons. The van der Waals surface area contributed by atoms with E-state index in [-0.39, 0.29) is 0 Å². The summed E-state index contributed by atoms with van der Waals surface area (Å²) in [6, 6.07) is 130. The minimum atomic E-state index is -1.81. The first-order chi connectivity index (χ1) is 54.8. The number of hydrogen-bond acceptors (Lipinski definition) is 2. The summed E-state index contributed by atoms with van der Waals surface area (Å²) in [5, 5.41) is 17.4. The number of fused-ring (bicyclic) bond motifs is 19. The molecule has 112 heavy (non-hydrogen) atoms. The smallest absolute Gasteiger partial charge is 0.160 e. The summed E-state index contributed by atoms with van der Waals surface area (Å²) in [5.74, 6) is 0.656. The Balaban J connectivity index is 0.656. The van der Waals surface area contributed by atoms with Crippen molar-refractivity contribution < 1.29 is 0 Å². The van der Waals surface area contributed by atoms with Crippen LogP contribution in [0.5, 0.6) is 0 Å². The van der Waals surface area contributed by atoms with Crippen molar-refractivity contribution in [3.8, 4) is 118 Å². The van der Waals surface area contributed by atoms with Crippen molar-refractivity contribution in [2.24, 2.45) is 0 Å². The van der Waals surface area contributed by atoms with Gasteiger partial charge < -0.3 is 13.7 Å². The molecule has 3 aliphatic heterocycles. The van der Waals surface area contributed by atoms with Crippen LogP contribution in [0.1, 0.15) is 0 Å². The van der Waals surface area contributed by atoms with Gasteiger partial charge in [0.2, 0.25) is 0 Å². The minimum Gasteiger partial charge on any atom is -0.309 e. The van der Waals surface area contributed by atoms with Crippen LogP contribution in [-0.4, -0.2) is 47.9 Å². The lowest BCUT2D eigenvalue weighted by Crippen LogP contribution is -2.49. The van der Waals surface area contributed by atoms with E-state index in [1.807, 2.05) is 0 Å². The zero-order valence-electron chi connectivity index (χ0n) is 63.1. The molecule has 8 heteroatoms. The normalized spacial score (nSPS) is 14.0. The van der Waals surface area contributed by atoms with Gasteiger partial charge in [0.15, 0.2) is 5.82 Å². The Morgan fingerprint density at radius 2 is 0.491 bits per heavy atom. The third kappa shape index (κ3) is 9.53. The Kier molecular flexibility index (Phi) is 13.9. The SMILES string of the molecule is C[Si]1(C)c2ccccc2-c2cc(-c3ccc4c(c3)c3ccccc3n4-c3cccc(-c4ccc5nc(-c6cccc(-n7c8ccccc8c8cc(-c9ccc%10c(c9)-c9ccccc9[Si]%10(C)C)ccc87)c6)nc(-c6cccc(-n7c8ccccc8c8cc(-c9ccc%10c(c9)-c9ccccc9[Si]%10(C)C)ccc87)c6)c5c4)c3)ccc21. The zero-order valence-corrected chi connectivity index (χ0v) is 66.1. The van der Waals surface area contributed by atoms with Gasteiger partial charge in [0.1, 0.15) is 24.2 Å². The van der Waals surface area contributed by atoms with Gasteiger partial charge in [-0.15, -0.1) is 0 Å². The first-order valence-corrected chi connectivity index (χ1v) is 48.3. The lowest BCUT2D eigenvalue weighted by Gasteiger charge is -2.18. The van der Waals surface area contributed by atoms with Gasteiger partial charge in [-0.3, -0.25) is 0 Å². The van der Waals surface area contributed by atoms with Crippen LogP contribution in [0, 0.1) is 0 Å². The zero-order chi connectivity index (χ0) is 74.6. The van der Waals surface area contributed by atoms with Gasteiger partial charge in [-0.2, -0.15) is 0 Å². The van der Waals surface area contributed by atoms with E-state index in [0.29, 0.717) is 5.82 Å². The molecule has 7 heterocycles. The van der Waals surface area contributed by atoms with Gasteiger partial charge in [-0.1, -0.05) is 264 Å². The number of benzene rings is 16. The van der Waals surface area contributed by atoms with Crippen molar-refractivity contribution in [1.82, 2.24) is 23.7 Å². The van der Waals surface area contributed by atoms with Crippen LogP contribution in [0.4, 0.5) is 0 Å². The van der Waals surface area contributed by atoms with Gasteiger partial charge in [0.25, 0.3) is 0 Å². The van der Waals surface area contributed by atoms with Crippen molar-refractivity contribution in [2.75, 3.05) is 0 Å². The van der Waals surface area contributed by atoms with Crippen molar-refractivity contribution in [3.05, 3.63) is 346 Å². The molecule has 0 unspecified atom stereocenters. The van der Waals surface area contributed by atoms with E-state index in [0.717, 1.165) is 78.0 Å². The van der Waals surface area contributed by atoms with Gasteiger partial charge in [-0.25, -0.2) is 9.97 Å². The summed E-state index contributed by atoms with van der Waals surface area (Å²) in [4.78, 5) is 11.4. The predicted molar refractivity (Wildman–Crippen MR) is 482 cm³/mol. The molecule has 0 spiro atoms. The second-order valence-corrected chi connectivity index (χ2v) is 45.8. The molecule has 528 valence electrons. The van der Waals surface area contributed by atoms with Crippen molar-refractivity contribution in [2.45, 2.75) is 39.3 Å². The molecule has 20 aromatic rings. The van der Waals surface area contributed by atoms with E-state index in [1.165, 1.54) is 141 Å². The van der Waals surface area contributed by atoms with Crippen LogP contribution in [0.25, 0.3) is 194 Å². The first-order valence-electron chi connectivity index (χ1n) is 39.3. The fraction of sp³-hybridized carbons (Fsp3) is 0.0577. The summed E-state index contributed by atoms with van der Waals surface area (Å²) in [7, 11) is -5.41. The largest absolute Gasteiger partial charge is 0.309 e. The van der Waals surface area contributed by atoms with E-state index < -0.39 is 24.2 Å². The van der Waals surface area contributed by atoms with Crippen LogP contribution in [-0.2, 0) is 0 Å². The van der Waals surface area contributed by atoms with Crippen molar-refractivity contribution in [3.63, 3.8) is 0 Å². The minimum absolute atomic E-state index is 0.656. The monoisotopic (exact) mass is 1480 g/mol. The molecule has 0 saturated heterocycles. The molecule has 23 rings (SSSR count). The molecule has 0 fully saturated rings. The molecule has 0 aliphatic carbocycles. The van der Waals surface area contributed by atoms with E-state index in [9.17, 15) is 0 Å². The van der Waals surface area contributed by atoms with Gasteiger partial charge in [0.05, 0.1) is 44.3 Å². The second kappa shape index (κ2) is 24.0. The average molecular weight is 1480 g/mol. The highest BCUT2D eigenvalue weighted by Crippen LogP contribution is 2.44. The van der Waals surface area contributed by atoms with Crippen molar-refractivity contribution in [1.29, 1.82) is 0 Å². The summed E-state index contributed by atoms with van der Waals surface area (Å²) >= 11 is 0. The predicted octanol–water partition coefficient (Wildman–Crippen LogP) is 23.3. The Labute approximate surface area is 653 Å². The summed E-state index contributed by atoms with van der Waals surface area (Å²) in [5.41, 5.74) is 31.7. The quantitative estimate of drug-likeness (QED) is 0.135. The van der Waals surface area contributed by atoms with E-state index in [1.54, 1.807) is 0 Å². The highest BCUT2D eigenvalue weighted by Gasteiger charge is 2.40. The maximum absolute atomic E-state index is 5.82. The van der Waals surface area contributed by atoms with Crippen molar-refractivity contribution >= 4 is 132 Å². The average Bonchev–Trinajstić information content (AvgIpc) is 1.61. The standard InChI is InChI=1S/C104H75N5Si3/c1-110(2)97-37-16-10-31-80(97)86-60-69(44-51-100(86)110)66-41-48-94-83(57-66)77-28-7-13-34-91(77)107(94)74-25-19-22-64(54-74)65-40-47-90-89(63-65)103(72-23-20-26-75(55-72)108-92-35-14-8-29-78(92)84-58-67(42-49-95(84)108)70-45-52-101-87(61-70)81-32-11-17-38-98(81)111(101,3)4)106-104(105-90)73-24-21-27-76(56-73)109-93-36-15-9-30-79(93)85-59-68(43-50-96(85)109)71-46-53-102-88(62-71)82-33-12-18-39-99(82)112(102,5)6/h7-63H,1-6H3. The molecular weight excluding hydrogens is 1400 g/mol. The maximum atomic E-state index is 5.82. The lowest BCUT2D eigenvalue weighted by atomic mass is 9.98. The molecule has 0 N–H and O–H groups in total. The molecule has 0 saturated carbocycles. The lowest BCUT2D eigenvalue weighted by molar-refractivity contribution is 1.17. The van der Waals surface area contributed by atoms with E-state index in [2.05, 4.69) is 399 Å². The topological polar surface area (TPSA) is 40.6 Å². The van der Waals surface area contributed by atoms with Crippen LogP contribution < -0.4 is 31.1 Å². The summed E-state index contributed by atoms with van der Waals surface area (Å²) in [6.45, 7) is 14.9. The summed E-state index contributed by atoms with van der Waals surface area (Å²) < 4.78 is 7.31. The number of nitrogens with zero attached hydrogens (tertiary/aromatic N) is 5. The van der Waals surface area contributed by atoms with E-state index in [4.69, 9.17) is 9.97 Å². The molecule has 0 amide bonds. The number of aromatic nitrogens is 5. The Morgan fingerprint density at radius 1 is 0.196 bits per heavy atom. The Hall–Kier alpha value is -13.1. The fourth-order valence-electron chi connectivity index (χ4n) is 20.0. The van der Waals surface area contributed by atoms with Gasteiger partial charge >= 0.3 is 0 Å². The maximum Gasteiger partial charge on any atom is 0.160 e. The van der Waals surface area contributed by atoms with Gasteiger partial charge in [-0.05, 0) is 230 Å². The molecule has 4 aromatic heterocycles. The number of hydrogen-bond donors (Lipinski definition) is 0. The highest BCUT2D eigenvalue weighted by atomic mass is 28.3. The first kappa shape index (κ1) is 64.9. The molecule has 0 bridgehead atoms. The number of para-hydroxylation sites is 3. The Bertz CT molecular complexity index is 7510. The fourth-order valence-corrected chi connectivity index (χ4v) is 29.3. The van der Waals surface area contributed by atoms with E-state index >= 15 is 0 Å². The molecule has 5 nitrogen and oxygen atoms in total. The number of rotatable bonds is 9. The van der Waals surface area contributed by atoms with Crippen LogP contribution in [0.15, 0.2) is 346 Å². The Morgan fingerprint density at radius 3 is 0.911 bits per heavy atom. The van der Waals surface area contributed by atoms with Crippen LogP contribution >= 0.6 is 0 Å². The van der Waals surface area contributed by atoms with Crippen LogP contribution in [0.3, 0.4) is 0 Å². The molecule has 0 atom stereocenters. The molecular formula is C104H75N5Si3. The summed E-state index contributed by atoms with van der Waals surface area (Å²) in [6.07, 6.45) is 0. The second-order valence-electron chi connectivity index (χ2n) is 32.8.